The molecule has 3 aromatic heterocycles. The first-order valence-corrected chi connectivity index (χ1v) is 10.8. The normalized spacial score (nSPS) is 10.8. The van der Waals surface area contributed by atoms with Gasteiger partial charge in [-0.05, 0) is 35.0 Å². The maximum atomic E-state index is 12.6. The van der Waals surface area contributed by atoms with Crippen molar-refractivity contribution in [1.29, 1.82) is 0 Å². The van der Waals surface area contributed by atoms with Crippen molar-refractivity contribution >= 4 is 68.3 Å². The van der Waals surface area contributed by atoms with Gasteiger partial charge >= 0.3 is 0 Å². The van der Waals surface area contributed by atoms with Crippen molar-refractivity contribution in [3.8, 4) is 20.3 Å². The highest BCUT2D eigenvalue weighted by atomic mass is 35.5. The van der Waals surface area contributed by atoms with Crippen LogP contribution in [0.5, 0.6) is 0 Å². The van der Waals surface area contributed by atoms with Crippen molar-refractivity contribution in [2.75, 3.05) is 5.32 Å². The van der Waals surface area contributed by atoms with Crippen LogP contribution < -0.4 is 5.32 Å². The van der Waals surface area contributed by atoms with Crippen molar-refractivity contribution in [3.63, 3.8) is 0 Å². The van der Waals surface area contributed by atoms with Crippen molar-refractivity contribution in [2.24, 2.45) is 0 Å². The summed E-state index contributed by atoms with van der Waals surface area (Å²) in [6, 6.07) is 13.0. The highest BCUT2D eigenvalue weighted by Gasteiger charge is 2.19. The van der Waals surface area contributed by atoms with E-state index < -0.39 is 0 Å². The van der Waals surface area contributed by atoms with E-state index in [4.69, 9.17) is 23.2 Å². The van der Waals surface area contributed by atoms with Gasteiger partial charge in [-0.3, -0.25) is 10.1 Å². The Morgan fingerprint density at radius 2 is 1.69 bits per heavy atom. The number of halogens is 2. The SMILES string of the molecule is O=C(Nc1nc(-c2cccs2)c(-c2cccs2)s1)c1cccc(Cl)c1Cl. The number of thiazole rings is 1. The summed E-state index contributed by atoms with van der Waals surface area (Å²) in [5, 5.41) is 7.99. The van der Waals surface area contributed by atoms with E-state index in [2.05, 4.69) is 16.4 Å². The molecule has 130 valence electrons. The summed E-state index contributed by atoms with van der Waals surface area (Å²) >= 11 is 16.9. The average molecular weight is 437 g/mol. The van der Waals surface area contributed by atoms with E-state index in [0.717, 1.165) is 20.3 Å². The minimum absolute atomic E-state index is 0.236. The maximum absolute atomic E-state index is 12.6. The number of amides is 1. The van der Waals surface area contributed by atoms with Crippen molar-refractivity contribution in [2.45, 2.75) is 0 Å². The monoisotopic (exact) mass is 436 g/mol. The number of rotatable bonds is 4. The van der Waals surface area contributed by atoms with Gasteiger partial charge in [0.2, 0.25) is 0 Å². The molecule has 1 aromatic carbocycles. The first-order chi connectivity index (χ1) is 12.6. The molecule has 0 aliphatic heterocycles. The van der Waals surface area contributed by atoms with Crippen LogP contribution in [0, 0.1) is 0 Å². The predicted octanol–water partition coefficient (Wildman–Crippen LogP) is 7.16. The first kappa shape index (κ1) is 17.7. The Hall–Kier alpha value is -1.70. The van der Waals surface area contributed by atoms with Crippen molar-refractivity contribution < 1.29 is 4.79 Å². The number of benzene rings is 1. The lowest BCUT2D eigenvalue weighted by Gasteiger charge is -2.04. The van der Waals surface area contributed by atoms with Crippen LogP contribution in [0.4, 0.5) is 5.13 Å². The van der Waals surface area contributed by atoms with Crippen LogP contribution in [-0.4, -0.2) is 10.9 Å². The summed E-state index contributed by atoms with van der Waals surface area (Å²) in [6.45, 7) is 0. The standard InChI is InChI=1S/C18H10Cl2N2OS3/c19-11-5-1-4-10(14(11)20)17(23)22-18-21-15(12-6-2-8-24-12)16(26-18)13-7-3-9-25-13/h1-9H,(H,21,22,23). The summed E-state index contributed by atoms with van der Waals surface area (Å²) < 4.78 is 0. The summed E-state index contributed by atoms with van der Waals surface area (Å²) in [6.07, 6.45) is 0. The Morgan fingerprint density at radius 3 is 2.38 bits per heavy atom. The van der Waals surface area contributed by atoms with Crippen LogP contribution in [-0.2, 0) is 0 Å². The van der Waals surface area contributed by atoms with Gasteiger partial charge in [0.05, 0.1) is 25.4 Å². The number of hydrogen-bond acceptors (Lipinski definition) is 5. The lowest BCUT2D eigenvalue weighted by Crippen LogP contribution is -2.12. The summed E-state index contributed by atoms with van der Waals surface area (Å²) in [5.74, 6) is -0.332. The second-order valence-corrected chi connectivity index (χ2v) is 8.89. The molecule has 3 nitrogen and oxygen atoms in total. The molecule has 8 heteroatoms. The van der Waals surface area contributed by atoms with Crippen LogP contribution in [0.25, 0.3) is 20.3 Å². The quantitative estimate of drug-likeness (QED) is 0.368. The van der Waals surface area contributed by atoms with E-state index in [-0.39, 0.29) is 10.9 Å². The number of aromatic nitrogens is 1. The molecule has 4 rings (SSSR count). The minimum atomic E-state index is -0.332. The lowest BCUT2D eigenvalue weighted by atomic mass is 10.2. The molecule has 1 N–H and O–H groups in total. The number of carbonyl (C=O) groups is 1. The molecule has 4 aromatic rings. The van der Waals surface area contributed by atoms with Gasteiger partial charge in [-0.25, -0.2) is 4.98 Å². The van der Waals surface area contributed by atoms with Gasteiger partial charge in [-0.1, -0.05) is 52.7 Å². The zero-order valence-electron chi connectivity index (χ0n) is 13.0. The number of thiophene rings is 2. The van der Waals surface area contributed by atoms with Gasteiger partial charge in [0.25, 0.3) is 5.91 Å². The Balaban J connectivity index is 1.70. The fraction of sp³-hybridized carbons (Fsp3) is 0. The van der Waals surface area contributed by atoms with Gasteiger partial charge in [0.15, 0.2) is 5.13 Å². The van der Waals surface area contributed by atoms with Gasteiger partial charge in [0.1, 0.15) is 5.69 Å². The smallest absolute Gasteiger partial charge is 0.259 e. The number of anilines is 1. The molecule has 0 saturated carbocycles. The zero-order valence-corrected chi connectivity index (χ0v) is 17.0. The highest BCUT2D eigenvalue weighted by Crippen LogP contribution is 2.42. The molecular formula is C18H10Cl2N2OS3. The van der Waals surface area contributed by atoms with E-state index in [1.54, 1.807) is 40.9 Å². The topological polar surface area (TPSA) is 42.0 Å². The lowest BCUT2D eigenvalue weighted by molar-refractivity contribution is 0.102. The molecular weight excluding hydrogens is 427 g/mol. The molecule has 0 saturated heterocycles. The Kier molecular flexibility index (Phi) is 5.11. The number of nitrogens with zero attached hydrogens (tertiary/aromatic N) is 1. The van der Waals surface area contributed by atoms with Gasteiger partial charge in [0, 0.05) is 4.88 Å². The maximum Gasteiger partial charge on any atom is 0.259 e. The van der Waals surface area contributed by atoms with Crippen LogP contribution in [0.2, 0.25) is 10.0 Å². The number of hydrogen-bond donors (Lipinski definition) is 1. The second kappa shape index (κ2) is 7.50. The third-order valence-corrected chi connectivity index (χ3v) is 7.26. The predicted molar refractivity (Wildman–Crippen MR) is 113 cm³/mol. The Morgan fingerprint density at radius 1 is 0.962 bits per heavy atom. The van der Waals surface area contributed by atoms with E-state index in [9.17, 15) is 4.79 Å². The van der Waals surface area contributed by atoms with E-state index in [1.165, 1.54) is 11.3 Å². The summed E-state index contributed by atoms with van der Waals surface area (Å²) in [5.41, 5.74) is 1.20. The highest BCUT2D eigenvalue weighted by molar-refractivity contribution is 7.24. The van der Waals surface area contributed by atoms with E-state index in [0.29, 0.717) is 15.7 Å². The molecule has 0 bridgehead atoms. The molecule has 0 spiro atoms. The summed E-state index contributed by atoms with van der Waals surface area (Å²) in [4.78, 5) is 20.5. The number of nitrogens with one attached hydrogen (secondary N) is 1. The molecule has 0 radical (unpaired) electrons. The molecule has 0 atom stereocenters. The van der Waals surface area contributed by atoms with Crippen LogP contribution in [0.15, 0.2) is 53.2 Å². The van der Waals surface area contributed by atoms with Crippen molar-refractivity contribution in [1.82, 2.24) is 4.98 Å². The molecule has 26 heavy (non-hydrogen) atoms. The van der Waals surface area contributed by atoms with Gasteiger partial charge < -0.3 is 0 Å². The van der Waals surface area contributed by atoms with Crippen LogP contribution >= 0.6 is 57.2 Å². The minimum Gasteiger partial charge on any atom is -0.298 e. The molecule has 0 aliphatic carbocycles. The van der Waals surface area contributed by atoms with Crippen LogP contribution in [0.1, 0.15) is 10.4 Å². The Labute approximate surface area is 171 Å². The average Bonchev–Trinajstić information content (AvgIpc) is 3.37. The van der Waals surface area contributed by atoms with Crippen LogP contribution in [0.3, 0.4) is 0 Å². The molecule has 0 unspecified atom stereocenters. The molecule has 1 amide bonds. The van der Waals surface area contributed by atoms with E-state index >= 15 is 0 Å². The first-order valence-electron chi connectivity index (χ1n) is 7.47. The third kappa shape index (κ3) is 3.43. The summed E-state index contributed by atoms with van der Waals surface area (Å²) in [7, 11) is 0. The largest absolute Gasteiger partial charge is 0.298 e. The Bertz CT molecular complexity index is 1000. The fourth-order valence-electron chi connectivity index (χ4n) is 2.37. The third-order valence-electron chi connectivity index (χ3n) is 3.54. The zero-order chi connectivity index (χ0) is 18.1. The number of carbonyl (C=O) groups excluding carboxylic acids is 1. The van der Waals surface area contributed by atoms with Gasteiger partial charge in [-0.2, -0.15) is 0 Å². The fourth-order valence-corrected chi connectivity index (χ4v) is 5.37. The second-order valence-electron chi connectivity index (χ2n) is 5.21. The van der Waals surface area contributed by atoms with Gasteiger partial charge in [-0.15, -0.1) is 22.7 Å². The van der Waals surface area contributed by atoms with Crippen molar-refractivity contribution in [3.05, 3.63) is 68.8 Å². The van der Waals surface area contributed by atoms with E-state index in [1.807, 2.05) is 29.0 Å². The molecule has 3 heterocycles. The molecule has 0 fully saturated rings. The molecule has 0 aliphatic rings.